The fourth-order valence-corrected chi connectivity index (χ4v) is 2.72. The molecule has 2 aliphatic rings. The summed E-state index contributed by atoms with van der Waals surface area (Å²) in [6, 6.07) is 0. The van der Waals surface area contributed by atoms with Gasteiger partial charge in [-0.1, -0.05) is 6.08 Å². The highest BCUT2D eigenvalue weighted by molar-refractivity contribution is 6.00. The first-order valence-corrected chi connectivity index (χ1v) is 7.72. The van der Waals surface area contributed by atoms with Crippen molar-refractivity contribution in [2.75, 3.05) is 0 Å². The van der Waals surface area contributed by atoms with Gasteiger partial charge >= 0.3 is 11.9 Å². The zero-order valence-corrected chi connectivity index (χ0v) is 14.4. The van der Waals surface area contributed by atoms with E-state index in [0.717, 1.165) is 0 Å². The molecule has 0 aromatic carbocycles. The molecular formula is C17H24O6. The Hall–Kier alpha value is -1.69. The number of carbonyl (C=O) groups is 3. The van der Waals surface area contributed by atoms with E-state index in [1.54, 1.807) is 41.5 Å². The lowest BCUT2D eigenvalue weighted by Crippen LogP contribution is -2.42. The van der Waals surface area contributed by atoms with E-state index in [0.29, 0.717) is 0 Å². The van der Waals surface area contributed by atoms with E-state index in [2.05, 4.69) is 0 Å². The maximum absolute atomic E-state index is 12.5. The van der Waals surface area contributed by atoms with Crippen LogP contribution in [-0.4, -0.2) is 41.1 Å². The summed E-state index contributed by atoms with van der Waals surface area (Å²) >= 11 is 0. The van der Waals surface area contributed by atoms with Crippen LogP contribution in [0.1, 0.15) is 41.5 Å². The molecule has 128 valence electrons. The summed E-state index contributed by atoms with van der Waals surface area (Å²) in [6.07, 6.45) is 1.24. The van der Waals surface area contributed by atoms with Crippen LogP contribution in [-0.2, 0) is 28.6 Å². The highest BCUT2D eigenvalue weighted by Crippen LogP contribution is 2.40. The van der Waals surface area contributed by atoms with Gasteiger partial charge in [0.15, 0.2) is 5.78 Å². The second-order valence-electron chi connectivity index (χ2n) is 7.90. The van der Waals surface area contributed by atoms with Crippen molar-refractivity contribution in [3.63, 3.8) is 0 Å². The molecule has 4 atom stereocenters. The lowest BCUT2D eigenvalue weighted by atomic mass is 9.87. The molecule has 1 fully saturated rings. The maximum Gasteiger partial charge on any atom is 0.313 e. The quantitative estimate of drug-likeness (QED) is 0.721. The number of fused-ring (bicyclic) bond motifs is 2. The Morgan fingerprint density at radius 1 is 0.957 bits per heavy atom. The summed E-state index contributed by atoms with van der Waals surface area (Å²) in [7, 11) is 0. The molecular weight excluding hydrogens is 300 g/mol. The predicted molar refractivity (Wildman–Crippen MR) is 81.5 cm³/mol. The van der Waals surface area contributed by atoms with E-state index in [1.165, 1.54) is 12.2 Å². The van der Waals surface area contributed by atoms with Gasteiger partial charge in [0, 0.05) is 0 Å². The minimum atomic E-state index is -0.989. The molecule has 2 aliphatic heterocycles. The van der Waals surface area contributed by atoms with Crippen molar-refractivity contribution in [1.29, 1.82) is 0 Å². The molecule has 2 bridgehead atoms. The molecule has 0 radical (unpaired) electrons. The van der Waals surface area contributed by atoms with Crippen LogP contribution in [0.3, 0.4) is 0 Å². The first kappa shape index (κ1) is 17.7. The Labute approximate surface area is 136 Å². The molecule has 6 heteroatoms. The molecule has 2 rings (SSSR count). The SMILES string of the molecule is CC(C)(C)OC(=O)[C@@H]1[C@@H](C(=O)OC(C)(C)C)[C@@H]2O[C@H]1C=CC2=O. The number of ether oxygens (including phenoxy) is 3. The Morgan fingerprint density at radius 2 is 1.43 bits per heavy atom. The van der Waals surface area contributed by atoms with Crippen molar-refractivity contribution in [1.82, 2.24) is 0 Å². The fraction of sp³-hybridized carbons (Fsp3) is 0.706. The topological polar surface area (TPSA) is 78.9 Å². The van der Waals surface area contributed by atoms with Crippen molar-refractivity contribution in [2.45, 2.75) is 65.0 Å². The molecule has 2 heterocycles. The van der Waals surface area contributed by atoms with E-state index >= 15 is 0 Å². The summed E-state index contributed by atoms with van der Waals surface area (Å²) in [5, 5.41) is 0. The average Bonchev–Trinajstić information content (AvgIpc) is 2.65. The Balaban J connectivity index is 2.30. The van der Waals surface area contributed by atoms with Crippen molar-refractivity contribution in [3.8, 4) is 0 Å². The molecule has 1 saturated heterocycles. The highest BCUT2D eigenvalue weighted by Gasteiger charge is 2.57. The summed E-state index contributed by atoms with van der Waals surface area (Å²) < 4.78 is 16.4. The number of carbonyl (C=O) groups excluding carboxylic acids is 3. The average molecular weight is 324 g/mol. The lowest BCUT2D eigenvalue weighted by molar-refractivity contribution is -0.172. The van der Waals surface area contributed by atoms with E-state index in [1.807, 2.05) is 0 Å². The van der Waals surface area contributed by atoms with Crippen molar-refractivity contribution < 1.29 is 28.6 Å². The van der Waals surface area contributed by atoms with Crippen LogP contribution in [0.4, 0.5) is 0 Å². The summed E-state index contributed by atoms with van der Waals surface area (Å²) in [6.45, 7) is 10.4. The Bertz CT molecular complexity index is 548. The largest absolute Gasteiger partial charge is 0.460 e. The molecule has 0 N–H and O–H groups in total. The Morgan fingerprint density at radius 3 is 1.91 bits per heavy atom. The highest BCUT2D eigenvalue weighted by atomic mass is 16.6. The van der Waals surface area contributed by atoms with Gasteiger partial charge in [-0.05, 0) is 47.6 Å². The molecule has 0 aromatic rings. The third kappa shape index (κ3) is 3.99. The lowest BCUT2D eigenvalue weighted by Gasteiger charge is -2.27. The zero-order valence-electron chi connectivity index (χ0n) is 14.4. The van der Waals surface area contributed by atoms with Gasteiger partial charge < -0.3 is 14.2 Å². The Kier molecular flexibility index (Phi) is 4.41. The van der Waals surface area contributed by atoms with Crippen LogP contribution >= 0.6 is 0 Å². The van der Waals surface area contributed by atoms with Crippen LogP contribution < -0.4 is 0 Å². The normalized spacial score (nSPS) is 30.3. The van der Waals surface area contributed by atoms with Crippen LogP contribution in [0.5, 0.6) is 0 Å². The zero-order chi connectivity index (χ0) is 17.6. The predicted octanol–water partition coefficient (Wildman–Crippen LogP) is 1.81. The molecule has 0 aromatic heterocycles. The molecule has 0 aliphatic carbocycles. The minimum absolute atomic E-state index is 0.330. The summed E-state index contributed by atoms with van der Waals surface area (Å²) in [4.78, 5) is 37.1. The first-order valence-electron chi connectivity index (χ1n) is 7.72. The minimum Gasteiger partial charge on any atom is -0.460 e. The molecule has 0 unspecified atom stereocenters. The third-order valence-electron chi connectivity index (χ3n) is 3.46. The smallest absolute Gasteiger partial charge is 0.313 e. The first-order chi connectivity index (χ1) is 10.4. The number of ketones is 1. The van der Waals surface area contributed by atoms with Gasteiger partial charge in [-0.3, -0.25) is 14.4 Å². The van der Waals surface area contributed by atoms with E-state index in [4.69, 9.17) is 14.2 Å². The van der Waals surface area contributed by atoms with E-state index in [9.17, 15) is 14.4 Å². The van der Waals surface area contributed by atoms with Gasteiger partial charge in [0.05, 0.1) is 6.10 Å². The second-order valence-corrected chi connectivity index (χ2v) is 7.90. The fourth-order valence-electron chi connectivity index (χ4n) is 2.72. The molecule has 23 heavy (non-hydrogen) atoms. The van der Waals surface area contributed by atoms with Gasteiger partial charge in [-0.2, -0.15) is 0 Å². The number of rotatable bonds is 2. The molecule has 0 saturated carbocycles. The number of esters is 2. The van der Waals surface area contributed by atoms with Gasteiger partial charge in [0.1, 0.15) is 29.1 Å². The molecule has 0 spiro atoms. The monoisotopic (exact) mass is 324 g/mol. The number of hydrogen-bond acceptors (Lipinski definition) is 6. The van der Waals surface area contributed by atoms with Crippen LogP contribution in [0, 0.1) is 11.8 Å². The maximum atomic E-state index is 12.5. The standard InChI is InChI=1S/C17H24O6/c1-16(2,3)22-14(19)11-10-8-7-9(18)13(21-10)12(11)15(20)23-17(4,5)6/h7-8,10-13H,1-6H3/t10-,11-,12+,13+/m0/s1. The second kappa shape index (κ2) is 5.74. The van der Waals surface area contributed by atoms with Gasteiger partial charge in [-0.25, -0.2) is 0 Å². The van der Waals surface area contributed by atoms with E-state index in [-0.39, 0.29) is 5.78 Å². The van der Waals surface area contributed by atoms with Gasteiger partial charge in [0.25, 0.3) is 0 Å². The van der Waals surface area contributed by atoms with Gasteiger partial charge in [-0.15, -0.1) is 0 Å². The van der Waals surface area contributed by atoms with Crippen LogP contribution in [0.15, 0.2) is 12.2 Å². The third-order valence-corrected chi connectivity index (χ3v) is 3.46. The molecule has 6 nitrogen and oxygen atoms in total. The molecule has 0 amide bonds. The van der Waals surface area contributed by atoms with Crippen molar-refractivity contribution in [3.05, 3.63) is 12.2 Å². The number of hydrogen-bond donors (Lipinski definition) is 0. The summed E-state index contributed by atoms with van der Waals surface area (Å²) in [5.74, 6) is -3.37. The van der Waals surface area contributed by atoms with Crippen molar-refractivity contribution >= 4 is 17.7 Å². The van der Waals surface area contributed by atoms with Crippen LogP contribution in [0.2, 0.25) is 0 Å². The van der Waals surface area contributed by atoms with E-state index < -0.39 is 47.2 Å². The van der Waals surface area contributed by atoms with Gasteiger partial charge in [0.2, 0.25) is 0 Å². The van der Waals surface area contributed by atoms with Crippen molar-refractivity contribution in [2.24, 2.45) is 11.8 Å². The summed E-state index contributed by atoms with van der Waals surface area (Å²) in [5.41, 5.74) is -1.41. The van der Waals surface area contributed by atoms with Crippen LogP contribution in [0.25, 0.3) is 0 Å².